The highest BCUT2D eigenvalue weighted by atomic mass is 32.2. The number of para-hydroxylation sites is 1. The van der Waals surface area contributed by atoms with E-state index in [4.69, 9.17) is 4.74 Å². The predicted octanol–water partition coefficient (Wildman–Crippen LogP) is 3.32. The fraction of sp³-hybridized carbons (Fsp3) is 0.533. The first-order valence-electron chi connectivity index (χ1n) is 6.76. The quantitative estimate of drug-likeness (QED) is 0.828. The van der Waals surface area contributed by atoms with Gasteiger partial charge in [-0.2, -0.15) is 0 Å². The van der Waals surface area contributed by atoms with Crippen LogP contribution in [0.4, 0.5) is 0 Å². The maximum absolute atomic E-state index is 12.0. The highest BCUT2D eigenvalue weighted by molar-refractivity contribution is 8.00. The Morgan fingerprint density at radius 1 is 1.42 bits per heavy atom. The van der Waals surface area contributed by atoms with Gasteiger partial charge in [0.1, 0.15) is 11.1 Å². The lowest BCUT2D eigenvalue weighted by molar-refractivity contribution is -0.128. The van der Waals surface area contributed by atoms with Gasteiger partial charge in [-0.05, 0) is 18.9 Å². The third-order valence-corrected chi connectivity index (χ3v) is 4.25. The molecule has 0 spiro atoms. The van der Waals surface area contributed by atoms with Gasteiger partial charge in [0.05, 0.1) is 12.4 Å². The van der Waals surface area contributed by atoms with E-state index < -0.39 is 0 Å². The number of amides is 1. The van der Waals surface area contributed by atoms with Gasteiger partial charge in [0, 0.05) is 12.1 Å². The molecule has 1 aliphatic rings. The molecule has 1 aromatic carbocycles. The molecule has 1 unspecified atom stereocenters. The predicted molar refractivity (Wildman–Crippen MR) is 79.4 cm³/mol. The van der Waals surface area contributed by atoms with Crippen LogP contribution in [0.3, 0.4) is 0 Å². The molecule has 19 heavy (non-hydrogen) atoms. The summed E-state index contributed by atoms with van der Waals surface area (Å²) in [4.78, 5) is 14.0. The number of thioether (sulfide) groups is 1. The number of carbonyl (C=O) groups is 1. The van der Waals surface area contributed by atoms with Gasteiger partial charge in [-0.3, -0.25) is 4.79 Å². The van der Waals surface area contributed by atoms with Crippen LogP contribution in [0.25, 0.3) is 0 Å². The maximum Gasteiger partial charge on any atom is 0.233 e. The van der Waals surface area contributed by atoms with Crippen LogP contribution in [-0.4, -0.2) is 29.7 Å². The van der Waals surface area contributed by atoms with Crippen molar-refractivity contribution in [3.63, 3.8) is 0 Å². The highest BCUT2D eigenvalue weighted by Gasteiger charge is 2.34. The van der Waals surface area contributed by atoms with Crippen LogP contribution in [0.5, 0.6) is 5.75 Å². The first-order valence-corrected chi connectivity index (χ1v) is 7.81. The number of benzene rings is 1. The third-order valence-electron chi connectivity index (χ3n) is 3.01. The monoisotopic (exact) mass is 279 g/mol. The van der Waals surface area contributed by atoms with Crippen molar-refractivity contribution in [3.05, 3.63) is 29.8 Å². The lowest BCUT2D eigenvalue weighted by Crippen LogP contribution is -2.31. The van der Waals surface area contributed by atoms with Crippen molar-refractivity contribution >= 4 is 17.7 Å². The van der Waals surface area contributed by atoms with Gasteiger partial charge in [0.2, 0.25) is 5.91 Å². The Hall–Kier alpha value is -1.16. The average Bonchev–Trinajstić information content (AvgIpc) is 2.72. The number of hydrogen-bond donors (Lipinski definition) is 0. The van der Waals surface area contributed by atoms with Crippen molar-refractivity contribution in [3.8, 4) is 5.75 Å². The molecule has 4 heteroatoms. The zero-order valence-electron chi connectivity index (χ0n) is 11.8. The lowest BCUT2D eigenvalue weighted by Gasteiger charge is -2.27. The smallest absolute Gasteiger partial charge is 0.233 e. The number of rotatable bonds is 5. The standard InChI is InChI=1S/C15H21NO2S/c1-4-18-13-8-6-5-7-12(13)15-16(9-11(2)3)14(17)10-19-15/h5-8,11,15H,4,9-10H2,1-3H3. The molecular formula is C15H21NO2S. The number of hydrogen-bond acceptors (Lipinski definition) is 3. The Labute approximate surface area is 119 Å². The van der Waals surface area contributed by atoms with Crippen LogP contribution in [-0.2, 0) is 4.79 Å². The minimum absolute atomic E-state index is 0.0950. The molecule has 1 aromatic rings. The molecule has 1 amide bonds. The summed E-state index contributed by atoms with van der Waals surface area (Å²) >= 11 is 1.69. The molecule has 0 saturated carbocycles. The van der Waals surface area contributed by atoms with Crippen molar-refractivity contribution < 1.29 is 9.53 Å². The second-order valence-corrected chi connectivity index (χ2v) is 6.14. The van der Waals surface area contributed by atoms with Gasteiger partial charge in [-0.25, -0.2) is 0 Å². The Morgan fingerprint density at radius 3 is 2.84 bits per heavy atom. The molecule has 0 N–H and O–H groups in total. The van der Waals surface area contributed by atoms with E-state index in [1.54, 1.807) is 11.8 Å². The number of carbonyl (C=O) groups excluding carboxylic acids is 1. The fourth-order valence-electron chi connectivity index (χ4n) is 2.27. The van der Waals surface area contributed by atoms with E-state index in [-0.39, 0.29) is 11.3 Å². The van der Waals surface area contributed by atoms with E-state index in [9.17, 15) is 4.79 Å². The molecule has 1 atom stereocenters. The van der Waals surface area contributed by atoms with E-state index in [1.165, 1.54) is 0 Å². The van der Waals surface area contributed by atoms with E-state index in [1.807, 2.05) is 30.0 Å². The average molecular weight is 279 g/mol. The zero-order valence-corrected chi connectivity index (χ0v) is 12.6. The molecule has 1 heterocycles. The highest BCUT2D eigenvalue weighted by Crippen LogP contribution is 2.42. The molecule has 1 fully saturated rings. The van der Waals surface area contributed by atoms with Gasteiger partial charge in [0.25, 0.3) is 0 Å². The van der Waals surface area contributed by atoms with E-state index in [0.29, 0.717) is 18.3 Å². The molecule has 0 aliphatic carbocycles. The summed E-state index contributed by atoms with van der Waals surface area (Å²) in [6, 6.07) is 8.03. The van der Waals surface area contributed by atoms with Crippen molar-refractivity contribution in [2.24, 2.45) is 5.92 Å². The van der Waals surface area contributed by atoms with Gasteiger partial charge < -0.3 is 9.64 Å². The van der Waals surface area contributed by atoms with Gasteiger partial charge in [-0.1, -0.05) is 32.0 Å². The van der Waals surface area contributed by atoms with Gasteiger partial charge in [-0.15, -0.1) is 11.8 Å². The minimum atomic E-state index is 0.0950. The maximum atomic E-state index is 12.0. The summed E-state index contributed by atoms with van der Waals surface area (Å²) < 4.78 is 5.69. The van der Waals surface area contributed by atoms with Gasteiger partial charge in [0.15, 0.2) is 0 Å². The molecule has 104 valence electrons. The van der Waals surface area contributed by atoms with Crippen LogP contribution in [0.15, 0.2) is 24.3 Å². The molecule has 0 aromatic heterocycles. The van der Waals surface area contributed by atoms with Crippen molar-refractivity contribution in [1.82, 2.24) is 4.90 Å². The first-order chi connectivity index (χ1) is 9.13. The molecular weight excluding hydrogens is 258 g/mol. The molecule has 1 aliphatic heterocycles. The summed E-state index contributed by atoms with van der Waals surface area (Å²) in [6.07, 6.45) is 0. The molecule has 1 saturated heterocycles. The van der Waals surface area contributed by atoms with Gasteiger partial charge >= 0.3 is 0 Å². The largest absolute Gasteiger partial charge is 0.493 e. The van der Waals surface area contributed by atoms with E-state index in [2.05, 4.69) is 19.9 Å². The Balaban J connectivity index is 2.26. The molecule has 0 bridgehead atoms. The summed E-state index contributed by atoms with van der Waals surface area (Å²) in [5, 5.41) is 0.0950. The Morgan fingerprint density at radius 2 is 2.16 bits per heavy atom. The van der Waals surface area contributed by atoms with Crippen LogP contribution in [0.1, 0.15) is 31.7 Å². The normalized spacial score (nSPS) is 19.3. The van der Waals surface area contributed by atoms with Crippen molar-refractivity contribution in [2.75, 3.05) is 18.9 Å². The number of nitrogens with zero attached hydrogens (tertiary/aromatic N) is 1. The van der Waals surface area contributed by atoms with E-state index >= 15 is 0 Å². The number of ether oxygens (including phenoxy) is 1. The lowest BCUT2D eigenvalue weighted by atomic mass is 10.1. The zero-order chi connectivity index (χ0) is 13.8. The summed E-state index contributed by atoms with van der Waals surface area (Å²) in [5.74, 6) is 2.17. The fourth-order valence-corrected chi connectivity index (χ4v) is 3.50. The van der Waals surface area contributed by atoms with Crippen LogP contribution >= 0.6 is 11.8 Å². The summed E-state index contributed by atoms with van der Waals surface area (Å²) in [6.45, 7) is 7.71. The SMILES string of the molecule is CCOc1ccccc1C1SCC(=O)N1CC(C)C. The van der Waals surface area contributed by atoms with E-state index in [0.717, 1.165) is 17.9 Å². The summed E-state index contributed by atoms with van der Waals surface area (Å²) in [5.41, 5.74) is 1.11. The van der Waals surface area contributed by atoms with Crippen molar-refractivity contribution in [2.45, 2.75) is 26.1 Å². The minimum Gasteiger partial charge on any atom is -0.493 e. The van der Waals surface area contributed by atoms with Crippen LogP contribution in [0, 0.1) is 5.92 Å². The molecule has 0 radical (unpaired) electrons. The third kappa shape index (κ3) is 3.24. The second kappa shape index (κ2) is 6.33. The van der Waals surface area contributed by atoms with Crippen molar-refractivity contribution in [1.29, 1.82) is 0 Å². The Bertz CT molecular complexity index is 448. The first kappa shape index (κ1) is 14.3. The molecule has 2 rings (SSSR count). The topological polar surface area (TPSA) is 29.5 Å². The van der Waals surface area contributed by atoms with Crippen LogP contribution < -0.4 is 4.74 Å². The molecule has 3 nitrogen and oxygen atoms in total. The van der Waals surface area contributed by atoms with Crippen LogP contribution in [0.2, 0.25) is 0 Å². The second-order valence-electron chi connectivity index (χ2n) is 5.07. The summed E-state index contributed by atoms with van der Waals surface area (Å²) in [7, 11) is 0. The Kier molecular flexibility index (Phi) is 4.75.